The van der Waals surface area contributed by atoms with Crippen LogP contribution in [0.1, 0.15) is 6.42 Å². The molecule has 2 aliphatic heterocycles. The SMILES string of the molecule is CS[C@@H]1C(=O)C[C@@H]2C=C[C@H]1N2S(=O)(=O)c1ccc([N+](=O)[O-])cc1. The third kappa shape index (κ3) is 2.58. The molecule has 0 aromatic heterocycles. The van der Waals surface area contributed by atoms with Crippen LogP contribution in [0.5, 0.6) is 0 Å². The second kappa shape index (κ2) is 5.73. The Morgan fingerprint density at radius 1 is 1.26 bits per heavy atom. The molecule has 0 unspecified atom stereocenters. The fourth-order valence-corrected chi connectivity index (χ4v) is 5.68. The van der Waals surface area contributed by atoms with Crippen LogP contribution in [0.2, 0.25) is 0 Å². The number of benzene rings is 1. The molecule has 0 amide bonds. The van der Waals surface area contributed by atoms with E-state index in [1.165, 1.54) is 40.3 Å². The Kier molecular flexibility index (Phi) is 4.03. The average molecular weight is 354 g/mol. The van der Waals surface area contributed by atoms with E-state index in [9.17, 15) is 23.3 Å². The summed E-state index contributed by atoms with van der Waals surface area (Å²) in [4.78, 5) is 22.2. The van der Waals surface area contributed by atoms with Crippen LogP contribution in [-0.4, -0.2) is 47.0 Å². The van der Waals surface area contributed by atoms with E-state index in [0.29, 0.717) is 0 Å². The lowest BCUT2D eigenvalue weighted by Crippen LogP contribution is -2.53. The lowest BCUT2D eigenvalue weighted by Gasteiger charge is -2.37. The Morgan fingerprint density at radius 2 is 1.91 bits per heavy atom. The monoisotopic (exact) mass is 354 g/mol. The second-order valence-electron chi connectivity index (χ2n) is 5.36. The molecule has 3 rings (SSSR count). The number of non-ortho nitro benzene ring substituents is 1. The van der Waals surface area contributed by atoms with Crippen molar-refractivity contribution in [2.45, 2.75) is 28.6 Å². The molecule has 23 heavy (non-hydrogen) atoms. The fraction of sp³-hybridized carbons (Fsp3) is 0.357. The molecule has 1 fully saturated rings. The number of sulfonamides is 1. The highest BCUT2D eigenvalue weighted by atomic mass is 32.2. The lowest BCUT2D eigenvalue weighted by molar-refractivity contribution is -0.384. The normalized spacial score (nSPS) is 27.3. The van der Waals surface area contributed by atoms with Crippen LogP contribution in [0.3, 0.4) is 0 Å². The van der Waals surface area contributed by atoms with Crippen molar-refractivity contribution in [2.75, 3.05) is 6.26 Å². The number of hydrogen-bond acceptors (Lipinski definition) is 6. The van der Waals surface area contributed by atoms with Crippen LogP contribution in [0.15, 0.2) is 41.3 Å². The third-order valence-corrected chi connectivity index (χ3v) is 7.05. The molecule has 2 aliphatic rings. The predicted molar refractivity (Wildman–Crippen MR) is 85.8 cm³/mol. The number of carbonyl (C=O) groups excluding carboxylic acids is 1. The Morgan fingerprint density at radius 3 is 2.48 bits per heavy atom. The summed E-state index contributed by atoms with van der Waals surface area (Å²) in [5.74, 6) is 0.0487. The number of rotatable bonds is 4. The molecule has 7 nitrogen and oxygen atoms in total. The van der Waals surface area contributed by atoms with Crippen LogP contribution in [0, 0.1) is 10.1 Å². The first kappa shape index (κ1) is 16.2. The highest BCUT2D eigenvalue weighted by molar-refractivity contribution is 8.00. The first-order valence-corrected chi connectivity index (χ1v) is 9.61. The minimum absolute atomic E-state index is 0.00370. The van der Waals surface area contributed by atoms with E-state index in [-0.39, 0.29) is 22.8 Å². The van der Waals surface area contributed by atoms with E-state index < -0.39 is 32.3 Å². The van der Waals surface area contributed by atoms with E-state index >= 15 is 0 Å². The maximum Gasteiger partial charge on any atom is 0.269 e. The van der Waals surface area contributed by atoms with Gasteiger partial charge < -0.3 is 0 Å². The van der Waals surface area contributed by atoms with Gasteiger partial charge in [0.25, 0.3) is 5.69 Å². The molecular formula is C14H14N2O5S2. The first-order chi connectivity index (χ1) is 10.9. The van der Waals surface area contributed by atoms with Crippen LogP contribution >= 0.6 is 11.8 Å². The fourth-order valence-electron chi connectivity index (χ4n) is 3.01. The number of nitro groups is 1. The molecule has 0 radical (unpaired) electrons. The summed E-state index contributed by atoms with van der Waals surface area (Å²) >= 11 is 1.34. The smallest absolute Gasteiger partial charge is 0.269 e. The van der Waals surface area contributed by atoms with E-state index in [0.717, 1.165) is 0 Å². The molecule has 1 saturated heterocycles. The van der Waals surface area contributed by atoms with Crippen molar-refractivity contribution in [2.24, 2.45) is 0 Å². The number of Topliss-reactive ketones (excluding diaryl/α,β-unsaturated/α-hetero) is 1. The third-order valence-electron chi connectivity index (χ3n) is 4.07. The first-order valence-electron chi connectivity index (χ1n) is 6.88. The summed E-state index contributed by atoms with van der Waals surface area (Å²) in [6.07, 6.45) is 5.46. The zero-order valence-electron chi connectivity index (χ0n) is 12.2. The minimum atomic E-state index is -3.82. The van der Waals surface area contributed by atoms with E-state index in [4.69, 9.17) is 0 Å². The summed E-state index contributed by atoms with van der Waals surface area (Å²) in [5, 5.41) is 10.3. The topological polar surface area (TPSA) is 97.6 Å². The molecular weight excluding hydrogens is 340 g/mol. The molecule has 0 spiro atoms. The van der Waals surface area contributed by atoms with Gasteiger partial charge in [-0.15, -0.1) is 0 Å². The van der Waals surface area contributed by atoms with E-state index in [1.54, 1.807) is 18.4 Å². The number of nitrogens with zero attached hydrogens (tertiary/aromatic N) is 2. The molecule has 9 heteroatoms. The molecule has 0 N–H and O–H groups in total. The molecule has 3 atom stereocenters. The Labute approximate surface area is 137 Å². The highest BCUT2D eigenvalue weighted by Crippen LogP contribution is 2.38. The van der Waals surface area contributed by atoms with Gasteiger partial charge in [-0.3, -0.25) is 14.9 Å². The van der Waals surface area contributed by atoms with Crippen LogP contribution in [0.25, 0.3) is 0 Å². The number of carbonyl (C=O) groups is 1. The summed E-state index contributed by atoms with van der Waals surface area (Å²) in [7, 11) is -3.82. The van der Waals surface area contributed by atoms with Crippen molar-refractivity contribution in [1.29, 1.82) is 0 Å². The van der Waals surface area contributed by atoms with Crippen molar-refractivity contribution in [3.05, 3.63) is 46.5 Å². The van der Waals surface area contributed by atoms with Crippen molar-refractivity contribution < 1.29 is 18.1 Å². The van der Waals surface area contributed by atoms with Gasteiger partial charge in [0.15, 0.2) is 0 Å². The minimum Gasteiger partial charge on any atom is -0.298 e. The van der Waals surface area contributed by atoms with Gasteiger partial charge in [0.1, 0.15) is 5.78 Å². The van der Waals surface area contributed by atoms with Crippen molar-refractivity contribution in [3.8, 4) is 0 Å². The van der Waals surface area contributed by atoms with Gasteiger partial charge in [0.05, 0.1) is 27.2 Å². The Bertz CT molecular complexity index is 788. The quantitative estimate of drug-likeness (QED) is 0.463. The molecule has 1 aromatic carbocycles. The summed E-state index contributed by atoms with van der Waals surface area (Å²) < 4.78 is 27.1. The van der Waals surface area contributed by atoms with Crippen molar-refractivity contribution in [1.82, 2.24) is 4.31 Å². The maximum absolute atomic E-state index is 12.9. The van der Waals surface area contributed by atoms with Gasteiger partial charge in [-0.1, -0.05) is 12.2 Å². The number of fused-ring (bicyclic) bond motifs is 2. The summed E-state index contributed by atoms with van der Waals surface area (Å²) in [6.45, 7) is 0. The standard InChI is InChI=1S/C14H14N2O5S2/c1-22-14-12-7-4-10(8-13(14)17)15(12)23(20,21)11-5-2-9(3-6-11)16(18)19/h2-7,10,12,14H,8H2,1H3/t10-,12+,14-/m0/s1. The highest BCUT2D eigenvalue weighted by Gasteiger charge is 2.49. The molecule has 2 heterocycles. The number of piperidine rings is 1. The zero-order chi connectivity index (χ0) is 16.8. The molecule has 122 valence electrons. The Hall–Kier alpha value is -1.71. The zero-order valence-corrected chi connectivity index (χ0v) is 13.8. The van der Waals surface area contributed by atoms with Crippen LogP contribution in [-0.2, 0) is 14.8 Å². The second-order valence-corrected chi connectivity index (χ2v) is 8.18. The number of ketones is 1. The van der Waals surface area contributed by atoms with E-state index in [1.807, 2.05) is 0 Å². The summed E-state index contributed by atoms with van der Waals surface area (Å²) in [6, 6.07) is 3.83. The molecule has 0 saturated carbocycles. The van der Waals surface area contributed by atoms with Crippen molar-refractivity contribution >= 4 is 33.3 Å². The number of hydrogen-bond donors (Lipinski definition) is 0. The Balaban J connectivity index is 1.97. The molecule has 0 aliphatic carbocycles. The average Bonchev–Trinajstić information content (AvgIpc) is 2.85. The molecule has 1 aromatic rings. The van der Waals surface area contributed by atoms with Gasteiger partial charge in [0, 0.05) is 18.6 Å². The van der Waals surface area contributed by atoms with E-state index in [2.05, 4.69) is 0 Å². The number of nitro benzene ring substituents is 1. The van der Waals surface area contributed by atoms with Gasteiger partial charge in [-0.25, -0.2) is 8.42 Å². The van der Waals surface area contributed by atoms with Crippen LogP contribution in [0.4, 0.5) is 5.69 Å². The van der Waals surface area contributed by atoms with Gasteiger partial charge in [0.2, 0.25) is 10.0 Å². The molecule has 2 bridgehead atoms. The summed E-state index contributed by atoms with van der Waals surface area (Å²) in [5.41, 5.74) is -0.166. The van der Waals surface area contributed by atoms with Gasteiger partial charge >= 0.3 is 0 Å². The lowest BCUT2D eigenvalue weighted by atomic mass is 10.0. The largest absolute Gasteiger partial charge is 0.298 e. The van der Waals surface area contributed by atoms with Gasteiger partial charge in [-0.2, -0.15) is 16.1 Å². The van der Waals surface area contributed by atoms with Gasteiger partial charge in [-0.05, 0) is 18.4 Å². The maximum atomic E-state index is 12.9. The predicted octanol–water partition coefficient (Wildman–Crippen LogP) is 1.60. The number of thioether (sulfide) groups is 1. The van der Waals surface area contributed by atoms with Crippen LogP contribution < -0.4 is 0 Å². The van der Waals surface area contributed by atoms with Crippen molar-refractivity contribution in [3.63, 3.8) is 0 Å².